The van der Waals surface area contributed by atoms with Crippen molar-refractivity contribution >= 4 is 17.5 Å². The van der Waals surface area contributed by atoms with Gasteiger partial charge in [0, 0.05) is 11.1 Å². The molecule has 27 heavy (non-hydrogen) atoms. The second-order valence-corrected chi connectivity index (χ2v) is 6.94. The summed E-state index contributed by atoms with van der Waals surface area (Å²) in [6, 6.07) is 11.3. The average molecular weight is 391 g/mol. The molecular formula is C21H27ClN2O3. The van der Waals surface area contributed by atoms with Crippen molar-refractivity contribution in [1.29, 1.82) is 0 Å². The van der Waals surface area contributed by atoms with E-state index in [0.29, 0.717) is 16.5 Å². The first-order chi connectivity index (χ1) is 12.8. The number of methoxy groups -OCH3 is 2. The molecule has 0 heterocycles. The van der Waals surface area contributed by atoms with Crippen LogP contribution in [0.4, 0.5) is 0 Å². The maximum absolute atomic E-state index is 12.4. The normalized spacial score (nSPS) is 13.0. The van der Waals surface area contributed by atoms with Crippen LogP contribution in [0, 0.1) is 6.92 Å². The van der Waals surface area contributed by atoms with Crippen molar-refractivity contribution in [3.63, 3.8) is 0 Å². The number of hydrogen-bond donors (Lipinski definition) is 2. The summed E-state index contributed by atoms with van der Waals surface area (Å²) in [7, 11) is 3.21. The van der Waals surface area contributed by atoms with E-state index in [0.717, 1.165) is 16.7 Å². The van der Waals surface area contributed by atoms with Gasteiger partial charge in [0.15, 0.2) is 11.5 Å². The van der Waals surface area contributed by atoms with Crippen LogP contribution < -0.4 is 20.1 Å². The maximum Gasteiger partial charge on any atom is 0.234 e. The molecule has 2 aromatic carbocycles. The second-order valence-electron chi connectivity index (χ2n) is 6.51. The summed E-state index contributed by atoms with van der Waals surface area (Å²) in [6.45, 7) is 6.18. The predicted molar refractivity (Wildman–Crippen MR) is 109 cm³/mol. The Balaban J connectivity index is 1.96. The zero-order chi connectivity index (χ0) is 20.0. The number of benzene rings is 2. The molecule has 1 amide bonds. The Bertz CT molecular complexity index is 778. The third kappa shape index (κ3) is 5.62. The van der Waals surface area contributed by atoms with Crippen LogP contribution in [-0.2, 0) is 4.79 Å². The molecule has 0 spiro atoms. The second kappa shape index (κ2) is 9.62. The third-order valence-electron chi connectivity index (χ3n) is 4.56. The molecule has 0 radical (unpaired) electrons. The minimum Gasteiger partial charge on any atom is -0.493 e. The number of rotatable bonds is 8. The van der Waals surface area contributed by atoms with Crippen LogP contribution in [0.2, 0.25) is 5.02 Å². The van der Waals surface area contributed by atoms with Crippen molar-refractivity contribution in [2.45, 2.75) is 32.9 Å². The van der Waals surface area contributed by atoms with E-state index in [1.165, 1.54) is 0 Å². The Labute approximate surface area is 166 Å². The molecular weight excluding hydrogens is 364 g/mol. The minimum atomic E-state index is -0.148. The molecule has 5 nitrogen and oxygen atoms in total. The van der Waals surface area contributed by atoms with E-state index in [1.54, 1.807) is 14.2 Å². The first-order valence-corrected chi connectivity index (χ1v) is 9.24. The molecule has 2 unspecified atom stereocenters. The molecule has 2 atom stereocenters. The number of halogens is 1. The van der Waals surface area contributed by atoms with Crippen molar-refractivity contribution < 1.29 is 14.3 Å². The maximum atomic E-state index is 12.4. The van der Waals surface area contributed by atoms with Gasteiger partial charge in [-0.05, 0) is 61.7 Å². The molecule has 0 bridgehead atoms. The van der Waals surface area contributed by atoms with Gasteiger partial charge in [-0.3, -0.25) is 4.79 Å². The van der Waals surface area contributed by atoms with E-state index in [-0.39, 0.29) is 24.5 Å². The van der Waals surface area contributed by atoms with E-state index in [2.05, 4.69) is 10.6 Å². The summed E-state index contributed by atoms with van der Waals surface area (Å²) in [6.07, 6.45) is 0. The Kier molecular flexibility index (Phi) is 7.51. The summed E-state index contributed by atoms with van der Waals surface area (Å²) in [5.74, 6) is 1.25. The van der Waals surface area contributed by atoms with Gasteiger partial charge in [0.2, 0.25) is 5.91 Å². The van der Waals surface area contributed by atoms with Crippen molar-refractivity contribution in [2.75, 3.05) is 20.8 Å². The molecule has 0 aliphatic heterocycles. The first kappa shape index (κ1) is 21.1. The van der Waals surface area contributed by atoms with E-state index in [9.17, 15) is 4.79 Å². The SMILES string of the molecule is COc1cc(C)c(C(C)NC(=O)CNC(C)c2ccc(Cl)cc2)cc1OC. The number of carbonyl (C=O) groups is 1. The van der Waals surface area contributed by atoms with Crippen molar-refractivity contribution in [2.24, 2.45) is 0 Å². The molecule has 0 aliphatic carbocycles. The van der Waals surface area contributed by atoms with E-state index in [1.807, 2.05) is 57.2 Å². The lowest BCUT2D eigenvalue weighted by atomic mass is 10.0. The quantitative estimate of drug-likeness (QED) is 0.709. The van der Waals surface area contributed by atoms with Crippen molar-refractivity contribution in [3.05, 3.63) is 58.1 Å². The average Bonchev–Trinajstić information content (AvgIpc) is 2.66. The van der Waals surface area contributed by atoms with Crippen LogP contribution in [0.5, 0.6) is 11.5 Å². The molecule has 0 saturated carbocycles. The third-order valence-corrected chi connectivity index (χ3v) is 4.81. The highest BCUT2D eigenvalue weighted by atomic mass is 35.5. The van der Waals surface area contributed by atoms with Crippen molar-refractivity contribution in [1.82, 2.24) is 10.6 Å². The monoisotopic (exact) mass is 390 g/mol. The van der Waals surface area contributed by atoms with Gasteiger partial charge >= 0.3 is 0 Å². The number of hydrogen-bond acceptors (Lipinski definition) is 4. The van der Waals surface area contributed by atoms with Gasteiger partial charge in [-0.1, -0.05) is 23.7 Å². The van der Waals surface area contributed by atoms with Crippen molar-refractivity contribution in [3.8, 4) is 11.5 Å². The van der Waals surface area contributed by atoms with E-state index < -0.39 is 0 Å². The standard InChI is InChI=1S/C21H27ClN2O3/c1-13-10-19(26-4)20(27-5)11-18(13)15(3)24-21(25)12-23-14(2)16-6-8-17(22)9-7-16/h6-11,14-15,23H,12H2,1-5H3,(H,24,25). The highest BCUT2D eigenvalue weighted by Gasteiger charge is 2.16. The highest BCUT2D eigenvalue weighted by molar-refractivity contribution is 6.30. The van der Waals surface area contributed by atoms with Gasteiger partial charge in [-0.2, -0.15) is 0 Å². The summed E-state index contributed by atoms with van der Waals surface area (Å²) in [4.78, 5) is 12.4. The smallest absolute Gasteiger partial charge is 0.234 e. The van der Waals surface area contributed by atoms with Gasteiger partial charge in [0.1, 0.15) is 0 Å². The van der Waals surface area contributed by atoms with Gasteiger partial charge in [0.25, 0.3) is 0 Å². The van der Waals surface area contributed by atoms with Gasteiger partial charge in [-0.15, -0.1) is 0 Å². The summed E-state index contributed by atoms with van der Waals surface area (Å²) >= 11 is 5.91. The van der Waals surface area contributed by atoms with Crippen LogP contribution in [0.15, 0.2) is 36.4 Å². The van der Waals surface area contributed by atoms with Crippen LogP contribution in [0.25, 0.3) is 0 Å². The number of carbonyl (C=O) groups excluding carboxylic acids is 1. The molecule has 146 valence electrons. The number of ether oxygens (including phenoxy) is 2. The summed E-state index contributed by atoms with van der Waals surface area (Å²) in [5.41, 5.74) is 3.10. The lowest BCUT2D eigenvalue weighted by molar-refractivity contribution is -0.121. The van der Waals surface area contributed by atoms with Crippen LogP contribution in [-0.4, -0.2) is 26.7 Å². The predicted octanol–water partition coefficient (Wildman–Crippen LogP) is 4.19. The molecule has 0 aliphatic rings. The van der Waals surface area contributed by atoms with Crippen LogP contribution in [0.3, 0.4) is 0 Å². The van der Waals surface area contributed by atoms with Gasteiger partial charge < -0.3 is 20.1 Å². The summed E-state index contributed by atoms with van der Waals surface area (Å²) < 4.78 is 10.7. The number of nitrogens with one attached hydrogen (secondary N) is 2. The Hall–Kier alpha value is -2.24. The molecule has 0 saturated heterocycles. The molecule has 0 aromatic heterocycles. The molecule has 2 aromatic rings. The van der Waals surface area contributed by atoms with Gasteiger partial charge in [0.05, 0.1) is 26.8 Å². The Morgan fingerprint density at radius 3 is 2.22 bits per heavy atom. The fraction of sp³-hybridized carbons (Fsp3) is 0.381. The molecule has 2 N–H and O–H groups in total. The fourth-order valence-electron chi connectivity index (χ4n) is 2.95. The lowest BCUT2D eigenvalue weighted by Gasteiger charge is -2.20. The number of amides is 1. The van der Waals surface area contributed by atoms with E-state index in [4.69, 9.17) is 21.1 Å². The first-order valence-electron chi connectivity index (χ1n) is 8.86. The van der Waals surface area contributed by atoms with E-state index >= 15 is 0 Å². The lowest BCUT2D eigenvalue weighted by Crippen LogP contribution is -2.36. The van der Waals surface area contributed by atoms with Crippen LogP contribution in [0.1, 0.15) is 42.6 Å². The van der Waals surface area contributed by atoms with Crippen LogP contribution >= 0.6 is 11.6 Å². The fourth-order valence-corrected chi connectivity index (χ4v) is 3.07. The highest BCUT2D eigenvalue weighted by Crippen LogP contribution is 2.32. The minimum absolute atomic E-state index is 0.0474. The topological polar surface area (TPSA) is 59.6 Å². The molecule has 0 fully saturated rings. The Morgan fingerprint density at radius 2 is 1.63 bits per heavy atom. The Morgan fingerprint density at radius 1 is 1.04 bits per heavy atom. The molecule has 2 rings (SSSR count). The zero-order valence-corrected chi connectivity index (χ0v) is 17.2. The molecule has 6 heteroatoms. The largest absolute Gasteiger partial charge is 0.493 e. The number of aryl methyl sites for hydroxylation is 1. The summed E-state index contributed by atoms with van der Waals surface area (Å²) in [5, 5.41) is 6.95. The van der Waals surface area contributed by atoms with Gasteiger partial charge in [-0.25, -0.2) is 0 Å². The zero-order valence-electron chi connectivity index (χ0n) is 16.4.